The lowest BCUT2D eigenvalue weighted by molar-refractivity contribution is -0.124. The van der Waals surface area contributed by atoms with Gasteiger partial charge in [0.2, 0.25) is 5.91 Å². The van der Waals surface area contributed by atoms with Gasteiger partial charge in [-0.2, -0.15) is 0 Å². The van der Waals surface area contributed by atoms with E-state index in [-0.39, 0.29) is 11.3 Å². The Labute approximate surface area is 138 Å². The van der Waals surface area contributed by atoms with Gasteiger partial charge < -0.3 is 15.6 Å². The first kappa shape index (κ1) is 16.4. The minimum atomic E-state index is 0.0179. The van der Waals surface area contributed by atoms with Crippen molar-refractivity contribution in [3.05, 3.63) is 11.6 Å². The first-order valence-electron chi connectivity index (χ1n) is 9.10. The summed E-state index contributed by atoms with van der Waals surface area (Å²) in [6.07, 6.45) is 11.0. The van der Waals surface area contributed by atoms with Crippen molar-refractivity contribution in [3.8, 4) is 0 Å². The van der Waals surface area contributed by atoms with E-state index in [4.69, 9.17) is 5.73 Å². The van der Waals surface area contributed by atoms with E-state index in [9.17, 15) is 4.79 Å². The molecule has 23 heavy (non-hydrogen) atoms. The quantitative estimate of drug-likeness (QED) is 0.868. The number of aryl methyl sites for hydroxylation is 1. The highest BCUT2D eigenvalue weighted by molar-refractivity contribution is 5.76. The first-order valence-corrected chi connectivity index (χ1v) is 9.10. The standard InChI is InChI=1S/C17H29N5O/c18-13-17(8-4-2-5-9-17)11-16(23)19-12-15-21-20-14-7-3-1-6-10-22(14)15/h1-13,18H2,(H,19,23). The lowest BCUT2D eigenvalue weighted by atomic mass is 9.71. The van der Waals surface area contributed by atoms with Gasteiger partial charge in [0.1, 0.15) is 5.82 Å². The maximum absolute atomic E-state index is 12.4. The van der Waals surface area contributed by atoms with Crippen LogP contribution < -0.4 is 11.1 Å². The highest BCUT2D eigenvalue weighted by Gasteiger charge is 2.33. The van der Waals surface area contributed by atoms with E-state index in [1.54, 1.807) is 0 Å². The van der Waals surface area contributed by atoms with Crippen molar-refractivity contribution in [1.82, 2.24) is 20.1 Å². The molecule has 0 atom stereocenters. The van der Waals surface area contributed by atoms with Crippen LogP contribution in [0.15, 0.2) is 0 Å². The van der Waals surface area contributed by atoms with E-state index in [2.05, 4.69) is 20.1 Å². The summed E-state index contributed by atoms with van der Waals surface area (Å²) in [6.45, 7) is 2.06. The molecular formula is C17H29N5O. The Morgan fingerprint density at radius 3 is 2.70 bits per heavy atom. The largest absolute Gasteiger partial charge is 0.349 e. The van der Waals surface area contributed by atoms with Gasteiger partial charge in [0.05, 0.1) is 6.54 Å². The first-order chi connectivity index (χ1) is 11.2. The second kappa shape index (κ2) is 7.43. The molecule has 1 aromatic heterocycles. The summed E-state index contributed by atoms with van der Waals surface area (Å²) in [5.41, 5.74) is 6.00. The predicted molar refractivity (Wildman–Crippen MR) is 88.6 cm³/mol. The van der Waals surface area contributed by atoms with Gasteiger partial charge in [0.15, 0.2) is 5.82 Å². The van der Waals surface area contributed by atoms with E-state index in [1.165, 1.54) is 38.5 Å². The molecule has 1 fully saturated rings. The van der Waals surface area contributed by atoms with Gasteiger partial charge in [0, 0.05) is 19.4 Å². The Bertz CT molecular complexity index is 533. The van der Waals surface area contributed by atoms with Crippen molar-refractivity contribution in [2.45, 2.75) is 77.3 Å². The third-order valence-corrected chi connectivity index (χ3v) is 5.51. The topological polar surface area (TPSA) is 85.8 Å². The van der Waals surface area contributed by atoms with E-state index in [0.29, 0.717) is 19.5 Å². The molecule has 1 aromatic rings. The zero-order valence-corrected chi connectivity index (χ0v) is 14.0. The molecule has 2 aliphatic rings. The van der Waals surface area contributed by atoms with Gasteiger partial charge in [-0.3, -0.25) is 4.79 Å². The van der Waals surface area contributed by atoms with Crippen LogP contribution in [-0.4, -0.2) is 27.2 Å². The summed E-state index contributed by atoms with van der Waals surface area (Å²) in [5.74, 6) is 2.06. The number of rotatable bonds is 5. The summed E-state index contributed by atoms with van der Waals surface area (Å²) < 4.78 is 2.19. The number of nitrogens with one attached hydrogen (secondary N) is 1. The van der Waals surface area contributed by atoms with E-state index < -0.39 is 0 Å². The monoisotopic (exact) mass is 319 g/mol. The van der Waals surface area contributed by atoms with Crippen LogP contribution >= 0.6 is 0 Å². The average Bonchev–Trinajstić information content (AvgIpc) is 2.80. The van der Waals surface area contributed by atoms with Crippen LogP contribution in [0.4, 0.5) is 0 Å². The number of carbonyl (C=O) groups is 1. The highest BCUT2D eigenvalue weighted by atomic mass is 16.1. The molecule has 1 saturated carbocycles. The highest BCUT2D eigenvalue weighted by Crippen LogP contribution is 2.38. The second-order valence-electron chi connectivity index (χ2n) is 7.21. The number of nitrogens with two attached hydrogens (primary N) is 1. The second-order valence-corrected chi connectivity index (χ2v) is 7.21. The van der Waals surface area contributed by atoms with Crippen LogP contribution in [0.25, 0.3) is 0 Å². The van der Waals surface area contributed by atoms with E-state index in [0.717, 1.165) is 37.5 Å². The normalized spacial score (nSPS) is 20.6. The van der Waals surface area contributed by atoms with Gasteiger partial charge in [-0.15, -0.1) is 10.2 Å². The molecule has 6 heteroatoms. The Balaban J connectivity index is 1.56. The van der Waals surface area contributed by atoms with Gasteiger partial charge in [0.25, 0.3) is 0 Å². The molecule has 3 rings (SSSR count). The van der Waals surface area contributed by atoms with Crippen molar-refractivity contribution in [1.29, 1.82) is 0 Å². The molecule has 0 saturated heterocycles. The number of aromatic nitrogens is 3. The number of amides is 1. The van der Waals surface area contributed by atoms with Crippen molar-refractivity contribution in [3.63, 3.8) is 0 Å². The summed E-state index contributed by atoms with van der Waals surface area (Å²) in [6, 6.07) is 0. The molecule has 0 bridgehead atoms. The number of hydrogen-bond donors (Lipinski definition) is 2. The molecule has 3 N–H and O–H groups in total. The van der Waals surface area contributed by atoms with E-state index >= 15 is 0 Å². The van der Waals surface area contributed by atoms with Gasteiger partial charge in [-0.05, 0) is 37.6 Å². The molecule has 0 aromatic carbocycles. The predicted octanol–water partition coefficient (Wildman–Crippen LogP) is 1.92. The zero-order valence-electron chi connectivity index (χ0n) is 14.0. The van der Waals surface area contributed by atoms with Crippen molar-refractivity contribution in [2.24, 2.45) is 11.1 Å². The summed E-state index contributed by atoms with van der Waals surface area (Å²) in [4.78, 5) is 12.4. The molecule has 1 aliphatic carbocycles. The summed E-state index contributed by atoms with van der Waals surface area (Å²) in [5, 5.41) is 11.6. The molecule has 6 nitrogen and oxygen atoms in total. The van der Waals surface area contributed by atoms with Crippen LogP contribution in [0.1, 0.15) is 69.4 Å². The Morgan fingerprint density at radius 2 is 1.91 bits per heavy atom. The number of fused-ring (bicyclic) bond motifs is 1. The van der Waals surface area contributed by atoms with Gasteiger partial charge in [-0.25, -0.2) is 0 Å². The fraction of sp³-hybridized carbons (Fsp3) is 0.824. The van der Waals surface area contributed by atoms with Crippen LogP contribution in [-0.2, 0) is 24.3 Å². The number of hydrogen-bond acceptors (Lipinski definition) is 4. The molecule has 1 amide bonds. The molecule has 1 aliphatic heterocycles. The lowest BCUT2D eigenvalue weighted by Gasteiger charge is -2.35. The number of carbonyl (C=O) groups excluding carboxylic acids is 1. The van der Waals surface area contributed by atoms with E-state index in [1.807, 2.05) is 0 Å². The van der Waals surface area contributed by atoms with Crippen LogP contribution in [0.3, 0.4) is 0 Å². The minimum absolute atomic E-state index is 0.0179. The summed E-state index contributed by atoms with van der Waals surface area (Å²) >= 11 is 0. The zero-order chi connectivity index (χ0) is 16.1. The molecule has 128 valence electrons. The third-order valence-electron chi connectivity index (χ3n) is 5.51. The van der Waals surface area contributed by atoms with Gasteiger partial charge >= 0.3 is 0 Å². The molecular weight excluding hydrogens is 290 g/mol. The lowest BCUT2D eigenvalue weighted by Crippen LogP contribution is -2.38. The van der Waals surface area contributed by atoms with Crippen LogP contribution in [0, 0.1) is 5.41 Å². The summed E-state index contributed by atoms with van der Waals surface area (Å²) in [7, 11) is 0. The van der Waals surface area contributed by atoms with Crippen molar-refractivity contribution < 1.29 is 4.79 Å². The Kier molecular flexibility index (Phi) is 5.30. The fourth-order valence-electron chi connectivity index (χ4n) is 4.01. The smallest absolute Gasteiger partial charge is 0.220 e. The average molecular weight is 319 g/mol. The third kappa shape index (κ3) is 3.91. The minimum Gasteiger partial charge on any atom is -0.349 e. The maximum atomic E-state index is 12.4. The van der Waals surface area contributed by atoms with Crippen LogP contribution in [0.5, 0.6) is 0 Å². The fourth-order valence-corrected chi connectivity index (χ4v) is 4.01. The van der Waals surface area contributed by atoms with Crippen molar-refractivity contribution >= 4 is 5.91 Å². The SMILES string of the molecule is NCC1(CC(=O)NCc2nnc3n2CCCCC3)CCCCC1. The molecule has 0 spiro atoms. The Hall–Kier alpha value is -1.43. The van der Waals surface area contributed by atoms with Gasteiger partial charge in [-0.1, -0.05) is 25.7 Å². The molecule has 0 unspecified atom stereocenters. The maximum Gasteiger partial charge on any atom is 0.220 e. The van der Waals surface area contributed by atoms with Crippen molar-refractivity contribution in [2.75, 3.05) is 6.54 Å². The molecule has 2 heterocycles. The molecule has 0 radical (unpaired) electrons. The van der Waals surface area contributed by atoms with Crippen LogP contribution in [0.2, 0.25) is 0 Å². The number of nitrogens with zero attached hydrogens (tertiary/aromatic N) is 3. The Morgan fingerprint density at radius 1 is 1.13 bits per heavy atom.